The molecule has 0 amide bonds. The molecule has 0 spiro atoms. The number of anilines is 3. The zero-order valence-corrected chi connectivity index (χ0v) is 21.2. The van der Waals surface area contributed by atoms with Crippen molar-refractivity contribution in [2.75, 3.05) is 50.3 Å². The summed E-state index contributed by atoms with van der Waals surface area (Å²) in [7, 11) is 1.64. The lowest BCUT2D eigenvalue weighted by Crippen LogP contribution is -2.46. The van der Waals surface area contributed by atoms with Crippen LogP contribution in [0.1, 0.15) is 35.0 Å². The van der Waals surface area contributed by atoms with E-state index in [1.54, 1.807) is 7.11 Å². The number of carbonyl (C=O) groups is 1. The van der Waals surface area contributed by atoms with Crippen LogP contribution in [0.15, 0.2) is 42.5 Å². The maximum absolute atomic E-state index is 13.0. The molecule has 192 valence electrons. The van der Waals surface area contributed by atoms with Crippen LogP contribution in [-0.2, 0) is 13.0 Å². The molecule has 0 radical (unpaired) electrons. The summed E-state index contributed by atoms with van der Waals surface area (Å²) >= 11 is 0. The van der Waals surface area contributed by atoms with Crippen molar-refractivity contribution in [3.63, 3.8) is 0 Å². The van der Waals surface area contributed by atoms with Crippen LogP contribution in [0.4, 0.5) is 17.5 Å². The summed E-state index contributed by atoms with van der Waals surface area (Å²) in [5.41, 5.74) is 3.53. The number of rotatable bonds is 6. The molecule has 1 N–H and O–H groups in total. The predicted octanol–water partition coefficient (Wildman–Crippen LogP) is 4.04. The average molecular weight is 502 g/mol. The Balaban J connectivity index is 1.20. The lowest BCUT2D eigenvalue weighted by molar-refractivity contribution is 0.0952. The maximum Gasteiger partial charge on any atom is 0.231 e. The first-order valence-electron chi connectivity index (χ1n) is 12.8. The van der Waals surface area contributed by atoms with Crippen molar-refractivity contribution in [3.8, 4) is 17.2 Å². The van der Waals surface area contributed by atoms with Gasteiger partial charge in [0.2, 0.25) is 12.7 Å². The first kappa shape index (κ1) is 23.5. The summed E-state index contributed by atoms with van der Waals surface area (Å²) in [5.74, 6) is 4.05. The second-order valence-corrected chi connectivity index (χ2v) is 9.93. The van der Waals surface area contributed by atoms with E-state index in [1.807, 2.05) is 30.3 Å². The van der Waals surface area contributed by atoms with Gasteiger partial charge in [-0.1, -0.05) is 13.0 Å². The van der Waals surface area contributed by atoms with Crippen LogP contribution < -0.4 is 24.4 Å². The molecule has 1 atom stereocenters. The van der Waals surface area contributed by atoms with E-state index in [-0.39, 0.29) is 18.5 Å². The van der Waals surface area contributed by atoms with E-state index < -0.39 is 0 Å². The molecule has 2 aromatic carbocycles. The molecule has 9 heteroatoms. The molecule has 6 rings (SSSR count). The number of hydrogen-bond donors (Lipinski definition) is 1. The highest BCUT2D eigenvalue weighted by Gasteiger charge is 2.30. The minimum atomic E-state index is 0.102. The van der Waals surface area contributed by atoms with E-state index in [9.17, 15) is 4.79 Å². The zero-order chi connectivity index (χ0) is 25.4. The minimum Gasteiger partial charge on any atom is -0.497 e. The second-order valence-electron chi connectivity index (χ2n) is 9.93. The average Bonchev–Trinajstić information content (AvgIpc) is 3.37. The second kappa shape index (κ2) is 9.89. The Hall–Kier alpha value is -3.85. The van der Waals surface area contributed by atoms with Crippen molar-refractivity contribution in [3.05, 3.63) is 59.3 Å². The molecule has 37 heavy (non-hydrogen) atoms. The van der Waals surface area contributed by atoms with E-state index in [2.05, 4.69) is 34.2 Å². The first-order chi connectivity index (χ1) is 18.1. The molecule has 1 unspecified atom stereocenters. The third-order valence-electron chi connectivity index (χ3n) is 7.18. The van der Waals surface area contributed by atoms with Crippen LogP contribution in [0.25, 0.3) is 0 Å². The molecule has 2 aliphatic heterocycles. The number of nitrogens with one attached hydrogen (secondary N) is 1. The molecule has 1 saturated heterocycles. The molecule has 3 aliphatic rings. The van der Waals surface area contributed by atoms with Crippen LogP contribution in [-0.4, -0.2) is 60.7 Å². The fraction of sp³-hybridized carbons (Fsp3) is 0.393. The summed E-state index contributed by atoms with van der Waals surface area (Å²) < 4.78 is 16.2. The van der Waals surface area contributed by atoms with Crippen molar-refractivity contribution in [1.29, 1.82) is 0 Å². The third-order valence-corrected chi connectivity index (χ3v) is 7.18. The highest BCUT2D eigenvalue weighted by molar-refractivity contribution is 6.03. The SMILES string of the molecule is COc1ccc(Nc2nc(N3CCN(Cc4ccc5c(c4)OCO5)CC3)nc3c2C(=O)CC(C)C3)cc1. The number of carbonyl (C=O) groups excluding carboxylic acids is 1. The van der Waals surface area contributed by atoms with Crippen molar-refractivity contribution in [1.82, 2.24) is 14.9 Å². The fourth-order valence-electron chi connectivity index (χ4n) is 5.20. The van der Waals surface area contributed by atoms with Crippen LogP contribution in [0.2, 0.25) is 0 Å². The van der Waals surface area contributed by atoms with Gasteiger partial charge in [0, 0.05) is 44.8 Å². The highest BCUT2D eigenvalue weighted by Crippen LogP contribution is 2.34. The van der Waals surface area contributed by atoms with Crippen LogP contribution >= 0.6 is 0 Å². The number of nitrogens with zero attached hydrogens (tertiary/aromatic N) is 4. The predicted molar refractivity (Wildman–Crippen MR) is 140 cm³/mol. The molecule has 3 heterocycles. The monoisotopic (exact) mass is 501 g/mol. The zero-order valence-electron chi connectivity index (χ0n) is 21.2. The summed E-state index contributed by atoms with van der Waals surface area (Å²) in [6.07, 6.45) is 1.30. The van der Waals surface area contributed by atoms with Crippen molar-refractivity contribution in [2.24, 2.45) is 5.92 Å². The van der Waals surface area contributed by atoms with Crippen LogP contribution in [0.5, 0.6) is 17.2 Å². The number of ether oxygens (including phenoxy) is 3. The molecular formula is C28H31N5O4. The first-order valence-corrected chi connectivity index (χ1v) is 12.8. The standard InChI is InChI=1S/C28H31N5O4/c1-18-13-22-26(23(34)14-18)27(29-20-4-6-21(35-2)7-5-20)31-28(30-22)33-11-9-32(10-12-33)16-19-3-8-24-25(15-19)37-17-36-24/h3-8,15,18H,9-14,16-17H2,1-2H3,(H,29,30,31). The summed E-state index contributed by atoms with van der Waals surface area (Å²) in [6, 6.07) is 13.8. The number of aromatic nitrogens is 2. The summed E-state index contributed by atoms with van der Waals surface area (Å²) in [5, 5.41) is 3.38. The van der Waals surface area contributed by atoms with Crippen LogP contribution in [0, 0.1) is 5.92 Å². The number of hydrogen-bond acceptors (Lipinski definition) is 9. The van der Waals surface area contributed by atoms with Gasteiger partial charge in [0.25, 0.3) is 0 Å². The van der Waals surface area contributed by atoms with E-state index >= 15 is 0 Å². The van der Waals surface area contributed by atoms with Gasteiger partial charge in [-0.3, -0.25) is 9.69 Å². The van der Waals surface area contributed by atoms with Gasteiger partial charge in [-0.15, -0.1) is 0 Å². The molecule has 1 aromatic heterocycles. The number of Topliss-reactive ketones (excluding diaryl/α,β-unsaturated/α-hetero) is 1. The van der Waals surface area contributed by atoms with E-state index in [4.69, 9.17) is 24.2 Å². The number of benzene rings is 2. The topological polar surface area (TPSA) is 89.1 Å². The van der Waals surface area contributed by atoms with Gasteiger partial charge < -0.3 is 24.4 Å². The lowest BCUT2D eigenvalue weighted by atomic mass is 9.87. The summed E-state index contributed by atoms with van der Waals surface area (Å²) in [6.45, 7) is 6.67. The molecule has 0 bridgehead atoms. The van der Waals surface area contributed by atoms with Crippen molar-refractivity contribution >= 4 is 23.2 Å². The smallest absolute Gasteiger partial charge is 0.231 e. The van der Waals surface area contributed by atoms with Gasteiger partial charge in [-0.25, -0.2) is 4.98 Å². The van der Waals surface area contributed by atoms with E-state index in [1.165, 1.54) is 5.56 Å². The van der Waals surface area contributed by atoms with Gasteiger partial charge in [0.05, 0.1) is 18.4 Å². The minimum absolute atomic E-state index is 0.102. The highest BCUT2D eigenvalue weighted by atomic mass is 16.7. The molecule has 3 aromatic rings. The van der Waals surface area contributed by atoms with Crippen LogP contribution in [0.3, 0.4) is 0 Å². The largest absolute Gasteiger partial charge is 0.497 e. The molecule has 0 saturated carbocycles. The summed E-state index contributed by atoms with van der Waals surface area (Å²) in [4.78, 5) is 27.4. The fourth-order valence-corrected chi connectivity index (χ4v) is 5.20. The normalized spacial score (nSPS) is 19.0. The van der Waals surface area contributed by atoms with Gasteiger partial charge in [-0.05, 0) is 54.3 Å². The Morgan fingerprint density at radius 3 is 2.57 bits per heavy atom. The molecular weight excluding hydrogens is 470 g/mol. The van der Waals surface area contributed by atoms with Gasteiger partial charge in [0.1, 0.15) is 11.6 Å². The van der Waals surface area contributed by atoms with Gasteiger partial charge >= 0.3 is 0 Å². The Labute approximate surface area is 216 Å². The number of ketones is 1. The molecule has 9 nitrogen and oxygen atoms in total. The van der Waals surface area contributed by atoms with E-state index in [0.29, 0.717) is 23.8 Å². The number of piperazine rings is 1. The maximum atomic E-state index is 13.0. The third kappa shape index (κ3) is 4.91. The molecule has 1 fully saturated rings. The number of methoxy groups -OCH3 is 1. The Morgan fingerprint density at radius 1 is 1.00 bits per heavy atom. The Bertz CT molecular complexity index is 1300. The Kier molecular flexibility index (Phi) is 6.30. The number of fused-ring (bicyclic) bond motifs is 2. The van der Waals surface area contributed by atoms with Crippen molar-refractivity contribution < 1.29 is 19.0 Å². The lowest BCUT2D eigenvalue weighted by Gasteiger charge is -2.35. The van der Waals surface area contributed by atoms with E-state index in [0.717, 1.165) is 67.8 Å². The Morgan fingerprint density at radius 2 is 1.78 bits per heavy atom. The van der Waals surface area contributed by atoms with Gasteiger partial charge in [-0.2, -0.15) is 4.98 Å². The van der Waals surface area contributed by atoms with Gasteiger partial charge in [0.15, 0.2) is 17.3 Å². The molecule has 1 aliphatic carbocycles. The quantitative estimate of drug-likeness (QED) is 0.537. The van der Waals surface area contributed by atoms with Crippen molar-refractivity contribution in [2.45, 2.75) is 26.3 Å².